The first-order chi connectivity index (χ1) is 12.9. The molecule has 6 heteroatoms. The number of unbranched alkanes of at least 4 members (excludes halogenated alkanes) is 1. The highest BCUT2D eigenvalue weighted by Gasteiger charge is 2.15. The summed E-state index contributed by atoms with van der Waals surface area (Å²) in [5, 5.41) is 9.39. The normalized spacial score (nSPS) is 11.1. The van der Waals surface area contributed by atoms with Crippen molar-refractivity contribution >= 4 is 18.0 Å². The molecule has 0 aliphatic carbocycles. The molecular formula is C21H23N3O3. The summed E-state index contributed by atoms with van der Waals surface area (Å²) in [5.41, 5.74) is 8.21. The number of aromatic nitrogens is 1. The van der Waals surface area contributed by atoms with Gasteiger partial charge < -0.3 is 15.0 Å². The number of carbonyl (C=O) groups is 2. The largest absolute Gasteiger partial charge is 0.422 e. The molecule has 0 unspecified atom stereocenters. The van der Waals surface area contributed by atoms with Crippen LogP contribution in [0.25, 0.3) is 6.08 Å². The average molecular weight is 365 g/mol. The molecule has 0 aliphatic heterocycles. The van der Waals surface area contributed by atoms with Crippen LogP contribution in [-0.4, -0.2) is 16.4 Å². The van der Waals surface area contributed by atoms with E-state index >= 15 is 0 Å². The van der Waals surface area contributed by atoms with Crippen molar-refractivity contribution < 1.29 is 14.3 Å². The Balaban J connectivity index is 2.26. The molecule has 0 saturated carbocycles. The van der Waals surface area contributed by atoms with E-state index in [-0.39, 0.29) is 16.9 Å². The number of primary amides is 1. The number of esters is 1. The summed E-state index contributed by atoms with van der Waals surface area (Å²) < 4.78 is 7.40. The van der Waals surface area contributed by atoms with Crippen molar-refractivity contribution in [3.8, 4) is 11.8 Å². The maximum Gasteiger partial charge on any atom is 0.354 e. The fourth-order valence-corrected chi connectivity index (χ4v) is 2.80. The summed E-state index contributed by atoms with van der Waals surface area (Å²) in [5.74, 6) is -1.24. The van der Waals surface area contributed by atoms with Gasteiger partial charge in [0.25, 0.3) is 0 Å². The van der Waals surface area contributed by atoms with E-state index in [0.29, 0.717) is 0 Å². The molecule has 0 spiro atoms. The van der Waals surface area contributed by atoms with Crippen LogP contribution in [0.1, 0.15) is 47.1 Å². The summed E-state index contributed by atoms with van der Waals surface area (Å²) in [6, 6.07) is 9.81. The Morgan fingerprint density at radius 3 is 2.67 bits per heavy atom. The molecule has 2 N–H and O–H groups in total. The van der Waals surface area contributed by atoms with Crippen LogP contribution in [0.2, 0.25) is 0 Å². The van der Waals surface area contributed by atoms with Crippen LogP contribution in [0.5, 0.6) is 5.75 Å². The third-order valence-electron chi connectivity index (χ3n) is 4.32. The van der Waals surface area contributed by atoms with E-state index in [1.54, 1.807) is 6.07 Å². The van der Waals surface area contributed by atoms with E-state index in [1.165, 1.54) is 24.3 Å². The van der Waals surface area contributed by atoms with Crippen molar-refractivity contribution in [1.29, 1.82) is 5.26 Å². The average Bonchev–Trinajstić information content (AvgIpc) is 2.91. The molecular weight excluding hydrogens is 342 g/mol. The molecule has 1 amide bonds. The Hall–Kier alpha value is -3.33. The van der Waals surface area contributed by atoms with Crippen LogP contribution in [0.15, 0.2) is 35.9 Å². The smallest absolute Gasteiger partial charge is 0.354 e. The first-order valence-corrected chi connectivity index (χ1v) is 8.78. The van der Waals surface area contributed by atoms with Crippen LogP contribution in [0.4, 0.5) is 0 Å². The van der Waals surface area contributed by atoms with Crippen molar-refractivity contribution in [3.63, 3.8) is 0 Å². The number of nitrogens with zero attached hydrogens (tertiary/aromatic N) is 2. The van der Waals surface area contributed by atoms with Gasteiger partial charge >= 0.3 is 5.97 Å². The third kappa shape index (κ3) is 4.85. The SMILES string of the molecule is CCCCn1c(C)cc(/C=C(\C#N)C(=O)Oc2cccc(C(N)=O)c2)c1C. The van der Waals surface area contributed by atoms with E-state index in [0.717, 1.165) is 36.3 Å². The van der Waals surface area contributed by atoms with Crippen molar-refractivity contribution in [2.75, 3.05) is 0 Å². The zero-order valence-electron chi connectivity index (χ0n) is 15.8. The van der Waals surface area contributed by atoms with Crippen LogP contribution >= 0.6 is 0 Å². The van der Waals surface area contributed by atoms with Gasteiger partial charge in [-0.2, -0.15) is 5.26 Å². The zero-order valence-corrected chi connectivity index (χ0v) is 15.8. The lowest BCUT2D eigenvalue weighted by atomic mass is 10.1. The molecule has 0 fully saturated rings. The molecule has 2 aromatic rings. The highest BCUT2D eigenvalue weighted by atomic mass is 16.5. The Labute approximate surface area is 158 Å². The Morgan fingerprint density at radius 1 is 1.30 bits per heavy atom. The van der Waals surface area contributed by atoms with Gasteiger partial charge in [0.05, 0.1) is 0 Å². The molecule has 1 aromatic heterocycles. The van der Waals surface area contributed by atoms with Crippen LogP contribution < -0.4 is 10.5 Å². The summed E-state index contributed by atoms with van der Waals surface area (Å²) in [6.07, 6.45) is 3.68. The minimum absolute atomic E-state index is 0.116. The molecule has 1 heterocycles. The number of rotatable bonds is 7. The second-order valence-corrected chi connectivity index (χ2v) is 6.28. The predicted octanol–water partition coefficient (Wildman–Crippen LogP) is 3.52. The van der Waals surface area contributed by atoms with Crippen LogP contribution in [-0.2, 0) is 11.3 Å². The zero-order chi connectivity index (χ0) is 20.0. The monoisotopic (exact) mass is 365 g/mol. The quantitative estimate of drug-likeness (QED) is 0.351. The van der Waals surface area contributed by atoms with Gasteiger partial charge in [0.15, 0.2) is 0 Å². The maximum absolute atomic E-state index is 12.4. The molecule has 27 heavy (non-hydrogen) atoms. The topological polar surface area (TPSA) is 98.1 Å². The molecule has 0 saturated heterocycles. The summed E-state index contributed by atoms with van der Waals surface area (Å²) in [7, 11) is 0. The van der Waals surface area contributed by atoms with Crippen LogP contribution in [0, 0.1) is 25.2 Å². The van der Waals surface area contributed by atoms with Crippen molar-refractivity contribution in [3.05, 3.63) is 58.4 Å². The Morgan fingerprint density at radius 2 is 2.04 bits per heavy atom. The fraction of sp³-hybridized carbons (Fsp3) is 0.286. The van der Waals surface area contributed by atoms with E-state index in [1.807, 2.05) is 26.0 Å². The number of nitriles is 1. The van der Waals surface area contributed by atoms with Crippen molar-refractivity contribution in [2.24, 2.45) is 5.73 Å². The van der Waals surface area contributed by atoms with Gasteiger partial charge in [0, 0.05) is 23.5 Å². The number of benzene rings is 1. The van der Waals surface area contributed by atoms with E-state index in [9.17, 15) is 14.9 Å². The van der Waals surface area contributed by atoms with Gasteiger partial charge in [-0.1, -0.05) is 19.4 Å². The molecule has 0 atom stereocenters. The number of hydrogen-bond donors (Lipinski definition) is 1. The second-order valence-electron chi connectivity index (χ2n) is 6.28. The lowest BCUT2D eigenvalue weighted by molar-refractivity contribution is -0.129. The van der Waals surface area contributed by atoms with Gasteiger partial charge in [-0.25, -0.2) is 4.79 Å². The predicted molar refractivity (Wildman–Crippen MR) is 103 cm³/mol. The molecule has 1 aromatic carbocycles. The van der Waals surface area contributed by atoms with E-state index < -0.39 is 11.9 Å². The maximum atomic E-state index is 12.4. The highest BCUT2D eigenvalue weighted by Crippen LogP contribution is 2.20. The fourth-order valence-electron chi connectivity index (χ4n) is 2.80. The number of aryl methyl sites for hydroxylation is 1. The van der Waals surface area contributed by atoms with E-state index in [2.05, 4.69) is 11.5 Å². The number of ether oxygens (including phenoxy) is 1. The minimum atomic E-state index is -0.780. The molecule has 2 rings (SSSR count). The highest BCUT2D eigenvalue weighted by molar-refractivity contribution is 5.99. The lowest BCUT2D eigenvalue weighted by Gasteiger charge is -2.08. The standard InChI is InChI=1S/C21H23N3O3/c1-4-5-9-24-14(2)10-17(15(24)3)11-18(13-22)21(26)27-19-8-6-7-16(12-19)20(23)25/h6-8,10-12H,4-5,9H2,1-3H3,(H2,23,25)/b18-11+. The van der Waals surface area contributed by atoms with Gasteiger partial charge in [-0.15, -0.1) is 0 Å². The molecule has 6 nitrogen and oxygen atoms in total. The number of hydrogen-bond acceptors (Lipinski definition) is 4. The minimum Gasteiger partial charge on any atom is -0.422 e. The second kappa shape index (κ2) is 8.86. The first-order valence-electron chi connectivity index (χ1n) is 8.78. The van der Waals surface area contributed by atoms with Gasteiger partial charge in [0.2, 0.25) is 5.91 Å². The first kappa shape index (κ1) is 20.0. The van der Waals surface area contributed by atoms with Gasteiger partial charge in [-0.05, 0) is 56.2 Å². The number of amides is 1. The Bertz CT molecular complexity index is 933. The number of nitrogens with two attached hydrogens (primary N) is 1. The van der Waals surface area contributed by atoms with Crippen LogP contribution in [0.3, 0.4) is 0 Å². The van der Waals surface area contributed by atoms with Crippen molar-refractivity contribution in [2.45, 2.75) is 40.2 Å². The molecule has 140 valence electrons. The summed E-state index contributed by atoms with van der Waals surface area (Å²) in [6.45, 7) is 6.99. The van der Waals surface area contributed by atoms with Gasteiger partial charge in [-0.3, -0.25) is 4.79 Å². The lowest BCUT2D eigenvalue weighted by Crippen LogP contribution is -2.13. The summed E-state index contributed by atoms with van der Waals surface area (Å²) >= 11 is 0. The molecule has 0 bridgehead atoms. The molecule has 0 radical (unpaired) electrons. The molecule has 0 aliphatic rings. The number of carbonyl (C=O) groups excluding carboxylic acids is 2. The third-order valence-corrected chi connectivity index (χ3v) is 4.32. The summed E-state index contributed by atoms with van der Waals surface area (Å²) in [4.78, 5) is 23.6. The van der Waals surface area contributed by atoms with E-state index in [4.69, 9.17) is 10.5 Å². The Kier molecular flexibility index (Phi) is 6.56. The van der Waals surface area contributed by atoms with Gasteiger partial charge in [0.1, 0.15) is 17.4 Å². The van der Waals surface area contributed by atoms with Crippen molar-refractivity contribution in [1.82, 2.24) is 4.57 Å².